The second-order valence-electron chi connectivity index (χ2n) is 5.25. The van der Waals surface area contributed by atoms with E-state index < -0.39 is 0 Å². The molecule has 0 spiro atoms. The summed E-state index contributed by atoms with van der Waals surface area (Å²) in [6.07, 6.45) is 3.69. The van der Waals surface area contributed by atoms with E-state index in [1.807, 2.05) is 0 Å². The van der Waals surface area contributed by atoms with Crippen LogP contribution in [-0.2, 0) is 0 Å². The minimum Gasteiger partial charge on any atom is -0.393 e. The van der Waals surface area contributed by atoms with Crippen LogP contribution in [0.3, 0.4) is 0 Å². The molecule has 0 aromatic rings. The number of hydrogen-bond acceptors (Lipinski definition) is 1. The van der Waals surface area contributed by atoms with Crippen molar-refractivity contribution in [1.29, 1.82) is 0 Å². The average Bonchev–Trinajstić information content (AvgIpc) is 2.35. The van der Waals surface area contributed by atoms with Crippen LogP contribution >= 0.6 is 0 Å². The fourth-order valence-corrected chi connectivity index (χ4v) is 3.76. The molecule has 0 amide bonds. The van der Waals surface area contributed by atoms with E-state index in [2.05, 4.69) is 20.8 Å². The number of hydrogen-bond donors (Lipinski definition) is 1. The summed E-state index contributed by atoms with van der Waals surface area (Å²) in [5.41, 5.74) is 0.417. The summed E-state index contributed by atoms with van der Waals surface area (Å²) in [7, 11) is 0. The predicted molar refractivity (Wildman–Crippen MR) is 49.8 cm³/mol. The zero-order valence-electron chi connectivity index (χ0n) is 8.38. The van der Waals surface area contributed by atoms with Crippen molar-refractivity contribution in [3.63, 3.8) is 0 Å². The Morgan fingerprint density at radius 1 is 1.33 bits per heavy atom. The Morgan fingerprint density at radius 2 is 2.00 bits per heavy atom. The fraction of sp³-hybridized carbons (Fsp3) is 1.00. The van der Waals surface area contributed by atoms with Gasteiger partial charge in [0.1, 0.15) is 0 Å². The molecule has 12 heavy (non-hydrogen) atoms. The molecule has 2 fully saturated rings. The van der Waals surface area contributed by atoms with Gasteiger partial charge < -0.3 is 5.11 Å². The third-order valence-corrected chi connectivity index (χ3v) is 4.47. The zero-order valence-corrected chi connectivity index (χ0v) is 8.38. The Labute approximate surface area is 75.2 Å². The molecule has 0 aliphatic heterocycles. The first kappa shape index (κ1) is 8.55. The van der Waals surface area contributed by atoms with Gasteiger partial charge in [0.2, 0.25) is 0 Å². The molecule has 0 aromatic heterocycles. The van der Waals surface area contributed by atoms with Crippen LogP contribution in [-0.4, -0.2) is 11.2 Å². The smallest absolute Gasteiger partial charge is 0.0579 e. The van der Waals surface area contributed by atoms with Gasteiger partial charge in [0.25, 0.3) is 0 Å². The van der Waals surface area contributed by atoms with Crippen LogP contribution in [0.2, 0.25) is 0 Å². The summed E-state index contributed by atoms with van der Waals surface area (Å²) in [6.45, 7) is 6.94. The van der Waals surface area contributed by atoms with Crippen LogP contribution in [0.25, 0.3) is 0 Å². The lowest BCUT2D eigenvalue weighted by Gasteiger charge is -2.28. The molecular weight excluding hydrogens is 148 g/mol. The van der Waals surface area contributed by atoms with E-state index in [0.29, 0.717) is 11.3 Å². The first-order valence-corrected chi connectivity index (χ1v) is 5.25. The number of rotatable bonds is 1. The van der Waals surface area contributed by atoms with Crippen molar-refractivity contribution in [3.8, 4) is 0 Å². The highest BCUT2D eigenvalue weighted by Gasteiger charge is 2.56. The highest BCUT2D eigenvalue weighted by Crippen LogP contribution is 2.60. The molecular formula is C11H20O. The zero-order chi connectivity index (χ0) is 8.93. The second-order valence-corrected chi connectivity index (χ2v) is 5.25. The minimum atomic E-state index is 0.00343. The number of aliphatic hydroxyl groups is 1. The van der Waals surface area contributed by atoms with E-state index in [9.17, 15) is 5.11 Å². The molecule has 2 aliphatic rings. The van der Waals surface area contributed by atoms with Crippen molar-refractivity contribution in [2.45, 2.75) is 46.1 Å². The molecule has 0 aromatic carbocycles. The number of aliphatic hydroxyl groups excluding tert-OH is 1. The maximum Gasteiger partial charge on any atom is 0.0579 e. The largest absolute Gasteiger partial charge is 0.393 e. The van der Waals surface area contributed by atoms with E-state index in [1.165, 1.54) is 12.8 Å². The second kappa shape index (κ2) is 2.47. The van der Waals surface area contributed by atoms with Gasteiger partial charge in [0.05, 0.1) is 6.10 Å². The topological polar surface area (TPSA) is 20.2 Å². The molecule has 0 radical (unpaired) electrons. The van der Waals surface area contributed by atoms with Gasteiger partial charge in [-0.15, -0.1) is 0 Å². The summed E-state index contributed by atoms with van der Waals surface area (Å²) >= 11 is 0. The Hall–Kier alpha value is -0.0400. The van der Waals surface area contributed by atoms with Gasteiger partial charge in [-0.25, -0.2) is 0 Å². The summed E-state index contributed by atoms with van der Waals surface area (Å²) in [5, 5.41) is 9.86. The Bertz CT molecular complexity index is 185. The van der Waals surface area contributed by atoms with E-state index in [0.717, 1.165) is 18.3 Å². The summed E-state index contributed by atoms with van der Waals surface area (Å²) in [4.78, 5) is 0. The first-order valence-electron chi connectivity index (χ1n) is 5.25. The van der Waals surface area contributed by atoms with Gasteiger partial charge in [-0.2, -0.15) is 0 Å². The lowest BCUT2D eigenvalue weighted by atomic mass is 9.78. The number of fused-ring (bicyclic) bond motifs is 2. The molecule has 4 unspecified atom stereocenters. The molecule has 2 rings (SSSR count). The Kier molecular flexibility index (Phi) is 1.76. The molecule has 1 nitrogen and oxygen atoms in total. The van der Waals surface area contributed by atoms with Crippen molar-refractivity contribution in [2.75, 3.05) is 0 Å². The monoisotopic (exact) mass is 168 g/mol. The average molecular weight is 168 g/mol. The van der Waals surface area contributed by atoms with Gasteiger partial charge in [-0.3, -0.25) is 0 Å². The van der Waals surface area contributed by atoms with E-state index in [4.69, 9.17) is 0 Å². The fourth-order valence-electron chi connectivity index (χ4n) is 3.76. The normalized spacial score (nSPS) is 50.0. The van der Waals surface area contributed by atoms with Crippen molar-refractivity contribution in [1.82, 2.24) is 0 Å². The van der Waals surface area contributed by atoms with E-state index in [-0.39, 0.29) is 6.10 Å². The summed E-state index contributed by atoms with van der Waals surface area (Å²) in [6, 6.07) is 0. The third-order valence-electron chi connectivity index (χ3n) is 4.47. The van der Waals surface area contributed by atoms with Crippen LogP contribution in [0.4, 0.5) is 0 Å². The summed E-state index contributed by atoms with van der Waals surface area (Å²) in [5.74, 6) is 2.18. The SMILES string of the molecule is CCC1CC2CC(O)C1C2(C)C. The molecule has 0 heterocycles. The lowest BCUT2D eigenvalue weighted by molar-refractivity contribution is 0.0601. The Balaban J connectivity index is 2.24. The summed E-state index contributed by atoms with van der Waals surface area (Å²) < 4.78 is 0. The van der Waals surface area contributed by atoms with Crippen LogP contribution in [0.5, 0.6) is 0 Å². The van der Waals surface area contributed by atoms with Gasteiger partial charge in [-0.05, 0) is 36.0 Å². The van der Waals surface area contributed by atoms with E-state index in [1.54, 1.807) is 0 Å². The molecule has 4 atom stereocenters. The predicted octanol–water partition coefficient (Wildman–Crippen LogP) is 2.44. The van der Waals surface area contributed by atoms with Crippen molar-refractivity contribution in [2.24, 2.45) is 23.2 Å². The van der Waals surface area contributed by atoms with Crippen LogP contribution in [0, 0.1) is 23.2 Å². The highest BCUT2D eigenvalue weighted by molar-refractivity contribution is 5.06. The molecule has 70 valence electrons. The molecule has 2 bridgehead atoms. The van der Waals surface area contributed by atoms with Crippen LogP contribution < -0.4 is 0 Å². The Morgan fingerprint density at radius 3 is 2.33 bits per heavy atom. The van der Waals surface area contributed by atoms with Crippen molar-refractivity contribution >= 4 is 0 Å². The minimum absolute atomic E-state index is 0.00343. The highest BCUT2D eigenvalue weighted by atomic mass is 16.3. The maximum atomic E-state index is 9.86. The van der Waals surface area contributed by atoms with Crippen LogP contribution in [0.1, 0.15) is 40.0 Å². The van der Waals surface area contributed by atoms with Crippen molar-refractivity contribution < 1.29 is 5.11 Å². The van der Waals surface area contributed by atoms with Gasteiger partial charge in [0.15, 0.2) is 0 Å². The van der Waals surface area contributed by atoms with Crippen LogP contribution in [0.15, 0.2) is 0 Å². The molecule has 1 heteroatoms. The van der Waals surface area contributed by atoms with Gasteiger partial charge >= 0.3 is 0 Å². The quantitative estimate of drug-likeness (QED) is 0.637. The standard InChI is InChI=1S/C11H20O/c1-4-7-5-8-6-9(12)10(7)11(8,2)3/h7-10,12H,4-6H2,1-3H3. The molecule has 0 saturated heterocycles. The first-order chi connectivity index (χ1) is 5.57. The lowest BCUT2D eigenvalue weighted by Crippen LogP contribution is -2.28. The maximum absolute atomic E-state index is 9.86. The molecule has 1 N–H and O–H groups in total. The van der Waals surface area contributed by atoms with Gasteiger partial charge in [0, 0.05) is 0 Å². The molecule has 2 saturated carbocycles. The van der Waals surface area contributed by atoms with Gasteiger partial charge in [-0.1, -0.05) is 27.2 Å². The van der Waals surface area contributed by atoms with E-state index >= 15 is 0 Å². The molecule has 2 aliphatic carbocycles. The van der Waals surface area contributed by atoms with Crippen molar-refractivity contribution in [3.05, 3.63) is 0 Å². The third kappa shape index (κ3) is 0.891.